The van der Waals surface area contributed by atoms with Crippen LogP contribution in [0.3, 0.4) is 0 Å². The van der Waals surface area contributed by atoms with Crippen molar-refractivity contribution in [2.45, 2.75) is 31.3 Å². The highest BCUT2D eigenvalue weighted by atomic mass is 16.5. The summed E-state index contributed by atoms with van der Waals surface area (Å²) in [5.41, 5.74) is 0.0305. The summed E-state index contributed by atoms with van der Waals surface area (Å²) in [6.45, 7) is 0.623. The minimum absolute atomic E-state index is 0.0622. The van der Waals surface area contributed by atoms with Crippen LogP contribution in [0, 0.1) is 0 Å². The maximum Gasteiger partial charge on any atom is 0.222 e. The van der Waals surface area contributed by atoms with E-state index in [4.69, 9.17) is 9.47 Å². The molecule has 2 aliphatic rings. The summed E-state index contributed by atoms with van der Waals surface area (Å²) in [4.78, 5) is 26.0. The van der Waals surface area contributed by atoms with Crippen LogP contribution in [0.25, 0.3) is 0 Å². The van der Waals surface area contributed by atoms with Crippen LogP contribution in [0.2, 0.25) is 0 Å². The quantitative estimate of drug-likeness (QED) is 0.794. The van der Waals surface area contributed by atoms with Crippen molar-refractivity contribution in [2.75, 3.05) is 20.7 Å². The molecule has 0 bridgehead atoms. The van der Waals surface area contributed by atoms with E-state index >= 15 is 0 Å². The van der Waals surface area contributed by atoms with Crippen LogP contribution >= 0.6 is 0 Å². The van der Waals surface area contributed by atoms with Crippen LogP contribution in [0.4, 0.5) is 0 Å². The molecule has 1 unspecified atom stereocenters. The summed E-state index contributed by atoms with van der Waals surface area (Å²) in [6.07, 6.45) is 2.03. The van der Waals surface area contributed by atoms with E-state index in [0.29, 0.717) is 49.3 Å². The van der Waals surface area contributed by atoms with Crippen LogP contribution in [-0.2, 0) is 4.79 Å². The van der Waals surface area contributed by atoms with E-state index in [0.717, 1.165) is 0 Å². The van der Waals surface area contributed by atoms with Gasteiger partial charge in [-0.15, -0.1) is 0 Å². The predicted molar refractivity (Wildman–Crippen MR) is 76.8 cm³/mol. The number of fused-ring (bicyclic) bond motifs is 1. The van der Waals surface area contributed by atoms with Crippen LogP contribution in [0.1, 0.15) is 36.0 Å². The number of benzene rings is 1. The van der Waals surface area contributed by atoms with Crippen molar-refractivity contribution < 1.29 is 19.1 Å². The van der Waals surface area contributed by atoms with Gasteiger partial charge < -0.3 is 14.4 Å². The molecule has 0 radical (unpaired) electrons. The third-order valence-electron chi connectivity index (χ3n) is 4.42. The molecule has 3 rings (SSSR count). The van der Waals surface area contributed by atoms with E-state index in [9.17, 15) is 9.59 Å². The molecule has 1 amide bonds. The smallest absolute Gasteiger partial charge is 0.222 e. The second-order valence-corrected chi connectivity index (χ2v) is 5.81. The molecule has 1 aromatic rings. The molecule has 0 aliphatic carbocycles. The Hall–Kier alpha value is -2.04. The second-order valence-electron chi connectivity index (χ2n) is 5.81. The van der Waals surface area contributed by atoms with Gasteiger partial charge in [0, 0.05) is 26.4 Å². The Bertz CT molecular complexity index is 598. The number of methoxy groups -OCH3 is 1. The third-order valence-corrected chi connectivity index (χ3v) is 4.42. The Balaban J connectivity index is 1.91. The van der Waals surface area contributed by atoms with Crippen molar-refractivity contribution in [3.05, 3.63) is 23.8 Å². The molecule has 5 heteroatoms. The molecule has 0 aromatic heterocycles. The van der Waals surface area contributed by atoms with Gasteiger partial charge in [0.05, 0.1) is 19.1 Å². The van der Waals surface area contributed by atoms with Gasteiger partial charge in [0.25, 0.3) is 0 Å². The lowest BCUT2D eigenvalue weighted by Crippen LogP contribution is -2.42. The molecule has 0 N–H and O–H groups in total. The summed E-state index contributed by atoms with van der Waals surface area (Å²) < 4.78 is 11.3. The second kappa shape index (κ2) is 5.06. The number of likely N-dealkylation sites (tertiary alicyclic amines) is 1. The van der Waals surface area contributed by atoms with E-state index in [1.807, 2.05) is 0 Å². The predicted octanol–water partition coefficient (Wildman–Crippen LogP) is 2.04. The summed E-state index contributed by atoms with van der Waals surface area (Å²) in [5, 5.41) is 0. The number of Topliss-reactive ketones (excluding diaryl/α,β-unsaturated/α-hetero) is 1. The molecule has 112 valence electrons. The number of rotatable bonds is 1. The molecule has 2 aliphatic heterocycles. The molecule has 5 nitrogen and oxygen atoms in total. The first-order chi connectivity index (χ1) is 10.0. The zero-order chi connectivity index (χ0) is 15.0. The SMILES string of the molecule is COc1ccc2c(c1)C(=O)CC1(CCC(=O)N(C)CC1)O2. The number of carbonyl (C=O) groups excluding carboxylic acids is 2. The van der Waals surface area contributed by atoms with Gasteiger partial charge in [0.15, 0.2) is 5.78 Å². The van der Waals surface area contributed by atoms with E-state index in [-0.39, 0.29) is 11.7 Å². The topological polar surface area (TPSA) is 55.8 Å². The molecule has 1 atom stereocenters. The van der Waals surface area contributed by atoms with Gasteiger partial charge in [0.2, 0.25) is 5.91 Å². The lowest BCUT2D eigenvalue weighted by molar-refractivity contribution is -0.129. The van der Waals surface area contributed by atoms with Crippen molar-refractivity contribution in [3.8, 4) is 11.5 Å². The van der Waals surface area contributed by atoms with Crippen LogP contribution < -0.4 is 9.47 Å². The fourth-order valence-electron chi connectivity index (χ4n) is 3.03. The average molecular weight is 289 g/mol. The highest BCUT2D eigenvalue weighted by Crippen LogP contribution is 2.40. The first kappa shape index (κ1) is 13.9. The fraction of sp³-hybridized carbons (Fsp3) is 0.500. The summed E-state index contributed by atoms with van der Waals surface area (Å²) in [7, 11) is 3.37. The number of nitrogens with zero attached hydrogens (tertiary/aromatic N) is 1. The lowest BCUT2D eigenvalue weighted by Gasteiger charge is -2.37. The third kappa shape index (κ3) is 2.48. The van der Waals surface area contributed by atoms with Crippen molar-refractivity contribution in [3.63, 3.8) is 0 Å². The highest BCUT2D eigenvalue weighted by molar-refractivity contribution is 6.00. The van der Waals surface area contributed by atoms with Crippen molar-refractivity contribution in [1.29, 1.82) is 0 Å². The number of ketones is 1. The van der Waals surface area contributed by atoms with Crippen LogP contribution in [0.15, 0.2) is 18.2 Å². The zero-order valence-corrected chi connectivity index (χ0v) is 12.3. The Kier molecular flexibility index (Phi) is 3.35. The van der Waals surface area contributed by atoms with Crippen molar-refractivity contribution in [2.24, 2.45) is 0 Å². The summed E-state index contributed by atoms with van der Waals surface area (Å²) in [6, 6.07) is 5.29. The number of hydrogen-bond acceptors (Lipinski definition) is 4. The van der Waals surface area contributed by atoms with Gasteiger partial charge in [-0.05, 0) is 24.6 Å². The first-order valence-corrected chi connectivity index (χ1v) is 7.17. The molecule has 1 spiro atoms. The Morgan fingerprint density at radius 3 is 2.86 bits per heavy atom. The maximum atomic E-state index is 12.5. The highest BCUT2D eigenvalue weighted by Gasteiger charge is 2.42. The van der Waals surface area contributed by atoms with Crippen molar-refractivity contribution >= 4 is 11.7 Å². The van der Waals surface area contributed by atoms with Gasteiger partial charge in [-0.25, -0.2) is 0 Å². The van der Waals surface area contributed by atoms with Crippen LogP contribution in [0.5, 0.6) is 11.5 Å². The summed E-state index contributed by atoms with van der Waals surface area (Å²) >= 11 is 0. The molecule has 2 heterocycles. The lowest BCUT2D eigenvalue weighted by atomic mass is 9.84. The van der Waals surface area contributed by atoms with E-state index in [2.05, 4.69) is 0 Å². The number of hydrogen-bond donors (Lipinski definition) is 0. The molecule has 1 aromatic carbocycles. The van der Waals surface area contributed by atoms with E-state index in [1.54, 1.807) is 37.3 Å². The maximum absolute atomic E-state index is 12.5. The molecule has 21 heavy (non-hydrogen) atoms. The van der Waals surface area contributed by atoms with E-state index in [1.165, 1.54) is 0 Å². The molecule has 0 saturated carbocycles. The minimum atomic E-state index is -0.543. The van der Waals surface area contributed by atoms with E-state index < -0.39 is 5.60 Å². The Labute approximate surface area is 123 Å². The number of carbonyl (C=O) groups is 2. The molecule has 1 saturated heterocycles. The number of ether oxygens (including phenoxy) is 2. The van der Waals surface area contributed by atoms with Gasteiger partial charge >= 0.3 is 0 Å². The largest absolute Gasteiger partial charge is 0.497 e. The molecule has 1 fully saturated rings. The Morgan fingerprint density at radius 1 is 1.29 bits per heavy atom. The molecular weight excluding hydrogens is 270 g/mol. The average Bonchev–Trinajstić information content (AvgIpc) is 2.62. The number of amides is 1. The normalized spacial score (nSPS) is 25.3. The first-order valence-electron chi connectivity index (χ1n) is 7.17. The standard InChI is InChI=1S/C16H19NO4/c1-17-8-7-16(6-5-15(17)19)10-13(18)12-9-11(20-2)3-4-14(12)21-16/h3-4,9H,5-8,10H2,1-2H3. The zero-order valence-electron chi connectivity index (χ0n) is 12.3. The monoisotopic (exact) mass is 289 g/mol. The van der Waals surface area contributed by atoms with Gasteiger partial charge in [0.1, 0.15) is 17.1 Å². The van der Waals surface area contributed by atoms with Crippen molar-refractivity contribution in [1.82, 2.24) is 4.90 Å². The Morgan fingerprint density at radius 2 is 2.10 bits per heavy atom. The van der Waals surface area contributed by atoms with Gasteiger partial charge in [-0.3, -0.25) is 9.59 Å². The van der Waals surface area contributed by atoms with Crippen LogP contribution in [-0.4, -0.2) is 42.9 Å². The fourth-order valence-corrected chi connectivity index (χ4v) is 3.03. The molecular formula is C16H19NO4. The minimum Gasteiger partial charge on any atom is -0.497 e. The van der Waals surface area contributed by atoms with Gasteiger partial charge in [-0.1, -0.05) is 0 Å². The summed E-state index contributed by atoms with van der Waals surface area (Å²) in [5.74, 6) is 1.43. The van der Waals surface area contributed by atoms with Gasteiger partial charge in [-0.2, -0.15) is 0 Å².